The zero-order chi connectivity index (χ0) is 13.4. The molecule has 0 aromatic heterocycles. The molecule has 1 amide bonds. The van der Waals surface area contributed by atoms with Gasteiger partial charge >= 0.3 is 0 Å². The van der Waals surface area contributed by atoms with E-state index in [0.29, 0.717) is 6.42 Å². The highest BCUT2D eigenvalue weighted by molar-refractivity contribution is 9.10. The quantitative estimate of drug-likeness (QED) is 0.759. The molecule has 100 valence electrons. The molecule has 18 heavy (non-hydrogen) atoms. The predicted octanol–water partition coefficient (Wildman–Crippen LogP) is 4.37. The molecule has 0 saturated carbocycles. The fraction of sp³-hybridized carbons (Fsp3) is 0.500. The summed E-state index contributed by atoms with van der Waals surface area (Å²) in [5.74, 6) is 0.791. The van der Waals surface area contributed by atoms with Crippen LogP contribution < -0.4 is 10.1 Å². The second-order valence-electron chi connectivity index (χ2n) is 4.20. The minimum atomic E-state index is 0.0556. The van der Waals surface area contributed by atoms with Gasteiger partial charge in [-0.1, -0.05) is 26.2 Å². The smallest absolute Gasteiger partial charge is 0.224 e. The molecule has 0 aliphatic rings. The Hall–Kier alpha value is -1.03. The van der Waals surface area contributed by atoms with Gasteiger partial charge in [-0.3, -0.25) is 4.79 Å². The van der Waals surface area contributed by atoms with Gasteiger partial charge in [-0.05, 0) is 34.5 Å². The zero-order valence-corrected chi connectivity index (χ0v) is 12.5. The van der Waals surface area contributed by atoms with Crippen molar-refractivity contribution in [2.45, 2.75) is 39.0 Å². The number of hydrogen-bond acceptors (Lipinski definition) is 2. The Morgan fingerprint density at radius 1 is 1.33 bits per heavy atom. The number of ether oxygens (including phenoxy) is 1. The fourth-order valence-corrected chi connectivity index (χ4v) is 2.00. The molecular weight excluding hydrogens is 294 g/mol. The van der Waals surface area contributed by atoms with Crippen molar-refractivity contribution in [3.05, 3.63) is 22.7 Å². The van der Waals surface area contributed by atoms with Crippen LogP contribution in [0.5, 0.6) is 5.75 Å². The van der Waals surface area contributed by atoms with E-state index in [9.17, 15) is 4.79 Å². The van der Waals surface area contributed by atoms with Crippen LogP contribution in [-0.4, -0.2) is 13.0 Å². The third-order valence-corrected chi connectivity index (χ3v) is 3.40. The minimum absolute atomic E-state index is 0.0556. The molecule has 0 unspecified atom stereocenters. The highest BCUT2D eigenvalue weighted by atomic mass is 79.9. The van der Waals surface area contributed by atoms with Gasteiger partial charge in [-0.2, -0.15) is 0 Å². The first-order valence-electron chi connectivity index (χ1n) is 6.30. The first kappa shape index (κ1) is 15.0. The maximum absolute atomic E-state index is 11.8. The molecule has 0 radical (unpaired) electrons. The number of hydrogen-bond donors (Lipinski definition) is 1. The van der Waals surface area contributed by atoms with Crippen LogP contribution in [0.3, 0.4) is 0 Å². The first-order valence-corrected chi connectivity index (χ1v) is 7.10. The van der Waals surface area contributed by atoms with Gasteiger partial charge in [0.15, 0.2) is 0 Å². The Labute approximate surface area is 117 Å². The summed E-state index contributed by atoms with van der Waals surface area (Å²) in [6, 6.07) is 5.53. The fourth-order valence-electron chi connectivity index (χ4n) is 1.65. The van der Waals surface area contributed by atoms with Gasteiger partial charge in [0, 0.05) is 17.0 Å². The van der Waals surface area contributed by atoms with Gasteiger partial charge in [0.1, 0.15) is 5.75 Å². The maximum Gasteiger partial charge on any atom is 0.224 e. The number of methoxy groups -OCH3 is 1. The number of carbonyl (C=O) groups excluding carboxylic acids is 1. The van der Waals surface area contributed by atoms with Crippen LogP contribution >= 0.6 is 15.9 Å². The number of benzene rings is 1. The highest BCUT2D eigenvalue weighted by Crippen LogP contribution is 2.27. The first-order chi connectivity index (χ1) is 8.67. The molecule has 1 N–H and O–H groups in total. The van der Waals surface area contributed by atoms with E-state index in [1.54, 1.807) is 7.11 Å². The van der Waals surface area contributed by atoms with Gasteiger partial charge in [-0.15, -0.1) is 0 Å². The SMILES string of the molecule is CCCCCCC(=O)Nc1cc(OC)ccc1Br. The topological polar surface area (TPSA) is 38.3 Å². The predicted molar refractivity (Wildman–Crippen MR) is 78.1 cm³/mol. The van der Waals surface area contributed by atoms with Crippen molar-refractivity contribution in [2.75, 3.05) is 12.4 Å². The standard InChI is InChI=1S/C14H20BrNO2/c1-3-4-5-6-7-14(17)16-13-10-11(18-2)8-9-12(13)15/h8-10H,3-7H2,1-2H3,(H,16,17). The summed E-state index contributed by atoms with van der Waals surface area (Å²) < 4.78 is 6.00. The summed E-state index contributed by atoms with van der Waals surface area (Å²) in [4.78, 5) is 11.8. The monoisotopic (exact) mass is 313 g/mol. The summed E-state index contributed by atoms with van der Waals surface area (Å²) >= 11 is 3.41. The van der Waals surface area contributed by atoms with Crippen LogP contribution in [-0.2, 0) is 4.79 Å². The van der Waals surface area contributed by atoms with E-state index in [4.69, 9.17) is 4.74 Å². The second-order valence-corrected chi connectivity index (χ2v) is 5.06. The molecule has 0 aliphatic heterocycles. The van der Waals surface area contributed by atoms with E-state index in [2.05, 4.69) is 28.2 Å². The summed E-state index contributed by atoms with van der Waals surface area (Å²) in [7, 11) is 1.61. The molecule has 0 spiro atoms. The van der Waals surface area contributed by atoms with Crippen molar-refractivity contribution < 1.29 is 9.53 Å². The second kappa shape index (κ2) is 8.14. The average molecular weight is 314 g/mol. The normalized spacial score (nSPS) is 10.2. The molecule has 0 fully saturated rings. The summed E-state index contributed by atoms with van der Waals surface area (Å²) in [5, 5.41) is 2.90. The third-order valence-electron chi connectivity index (χ3n) is 2.71. The van der Waals surface area contributed by atoms with Crippen molar-refractivity contribution in [1.82, 2.24) is 0 Å². The molecule has 0 aliphatic carbocycles. The number of halogens is 1. The lowest BCUT2D eigenvalue weighted by atomic mass is 10.1. The van der Waals surface area contributed by atoms with Crippen LogP contribution in [0, 0.1) is 0 Å². The summed E-state index contributed by atoms with van der Waals surface area (Å²) in [6.07, 6.45) is 5.01. The van der Waals surface area contributed by atoms with Gasteiger partial charge in [0.05, 0.1) is 12.8 Å². The Morgan fingerprint density at radius 2 is 2.11 bits per heavy atom. The molecule has 0 atom stereocenters. The lowest BCUT2D eigenvalue weighted by Crippen LogP contribution is -2.11. The number of anilines is 1. The molecule has 0 heterocycles. The van der Waals surface area contributed by atoms with Gasteiger partial charge in [-0.25, -0.2) is 0 Å². The van der Waals surface area contributed by atoms with Crippen molar-refractivity contribution >= 4 is 27.5 Å². The zero-order valence-electron chi connectivity index (χ0n) is 11.0. The number of amides is 1. The maximum atomic E-state index is 11.8. The number of carbonyl (C=O) groups is 1. The lowest BCUT2D eigenvalue weighted by molar-refractivity contribution is -0.116. The van der Waals surface area contributed by atoms with E-state index in [0.717, 1.165) is 28.8 Å². The van der Waals surface area contributed by atoms with E-state index in [1.807, 2.05) is 18.2 Å². The molecule has 3 nitrogen and oxygen atoms in total. The van der Waals surface area contributed by atoms with Crippen LogP contribution in [0.4, 0.5) is 5.69 Å². The van der Waals surface area contributed by atoms with Crippen LogP contribution in [0.15, 0.2) is 22.7 Å². The van der Waals surface area contributed by atoms with Gasteiger partial charge in [0.25, 0.3) is 0 Å². The Bertz CT molecular complexity index is 393. The van der Waals surface area contributed by atoms with Crippen LogP contribution in [0.2, 0.25) is 0 Å². The van der Waals surface area contributed by atoms with Gasteiger partial charge < -0.3 is 10.1 Å². The van der Waals surface area contributed by atoms with E-state index >= 15 is 0 Å². The van der Waals surface area contributed by atoms with Crippen LogP contribution in [0.25, 0.3) is 0 Å². The third kappa shape index (κ3) is 5.08. The minimum Gasteiger partial charge on any atom is -0.497 e. The van der Waals surface area contributed by atoms with E-state index in [1.165, 1.54) is 12.8 Å². The van der Waals surface area contributed by atoms with E-state index < -0.39 is 0 Å². The lowest BCUT2D eigenvalue weighted by Gasteiger charge is -2.09. The summed E-state index contributed by atoms with van der Waals surface area (Å²) in [5.41, 5.74) is 0.759. The average Bonchev–Trinajstić information content (AvgIpc) is 2.37. The number of unbranched alkanes of at least 4 members (excludes halogenated alkanes) is 3. The van der Waals surface area contributed by atoms with Gasteiger partial charge in [0.2, 0.25) is 5.91 Å². The largest absolute Gasteiger partial charge is 0.497 e. The molecular formula is C14H20BrNO2. The van der Waals surface area contributed by atoms with Crippen molar-refractivity contribution in [2.24, 2.45) is 0 Å². The molecule has 0 saturated heterocycles. The highest BCUT2D eigenvalue weighted by Gasteiger charge is 2.06. The van der Waals surface area contributed by atoms with Crippen molar-refractivity contribution in [3.8, 4) is 5.75 Å². The molecule has 1 aromatic carbocycles. The molecule has 0 bridgehead atoms. The van der Waals surface area contributed by atoms with Crippen molar-refractivity contribution in [3.63, 3.8) is 0 Å². The van der Waals surface area contributed by atoms with Crippen LogP contribution in [0.1, 0.15) is 39.0 Å². The Morgan fingerprint density at radius 3 is 2.78 bits per heavy atom. The Kier molecular flexibility index (Phi) is 6.80. The van der Waals surface area contributed by atoms with E-state index in [-0.39, 0.29) is 5.91 Å². The molecule has 1 aromatic rings. The summed E-state index contributed by atoms with van der Waals surface area (Å²) in [6.45, 7) is 2.16. The number of rotatable bonds is 7. The number of nitrogens with one attached hydrogen (secondary N) is 1. The van der Waals surface area contributed by atoms with Crippen molar-refractivity contribution in [1.29, 1.82) is 0 Å². The molecule has 4 heteroatoms. The Balaban J connectivity index is 2.48. The molecule has 1 rings (SSSR count).